The molecule has 0 aromatic carbocycles. The predicted molar refractivity (Wildman–Crippen MR) is 76.1 cm³/mol. The highest BCUT2D eigenvalue weighted by Gasteiger charge is 2.41. The molecule has 0 spiro atoms. The zero-order chi connectivity index (χ0) is 14.6. The van der Waals surface area contributed by atoms with Crippen LogP contribution in [0, 0.1) is 11.3 Å². The third-order valence-corrected chi connectivity index (χ3v) is 4.92. The van der Waals surface area contributed by atoms with Gasteiger partial charge in [0.15, 0.2) is 0 Å². The van der Waals surface area contributed by atoms with Crippen LogP contribution in [0.15, 0.2) is 0 Å². The van der Waals surface area contributed by atoms with Crippen molar-refractivity contribution in [3.8, 4) is 0 Å². The molecule has 3 N–H and O–H groups in total. The number of carbonyl (C=O) groups is 2. The van der Waals surface area contributed by atoms with Gasteiger partial charge in [-0.2, -0.15) is 0 Å². The Morgan fingerprint density at radius 2 is 1.90 bits per heavy atom. The van der Waals surface area contributed by atoms with Gasteiger partial charge in [0.1, 0.15) is 0 Å². The number of rotatable bonds is 4. The van der Waals surface area contributed by atoms with Crippen LogP contribution in [0.4, 0.5) is 0 Å². The van der Waals surface area contributed by atoms with E-state index in [1.807, 2.05) is 4.90 Å². The Kier molecular flexibility index (Phi) is 5.02. The number of nitrogens with two attached hydrogens (primary N) is 1. The Hall–Kier alpha value is -1.10. The summed E-state index contributed by atoms with van der Waals surface area (Å²) in [6.45, 7) is 1.77. The third kappa shape index (κ3) is 3.32. The van der Waals surface area contributed by atoms with Crippen molar-refractivity contribution in [3.63, 3.8) is 0 Å². The van der Waals surface area contributed by atoms with Crippen LogP contribution in [-0.4, -0.2) is 41.5 Å². The molecule has 114 valence electrons. The first-order valence-electron chi connectivity index (χ1n) is 7.79. The van der Waals surface area contributed by atoms with Gasteiger partial charge in [-0.15, -0.1) is 0 Å². The van der Waals surface area contributed by atoms with Crippen molar-refractivity contribution in [1.82, 2.24) is 4.90 Å². The van der Waals surface area contributed by atoms with Gasteiger partial charge in [0.05, 0.1) is 5.41 Å². The number of piperidine rings is 1. The van der Waals surface area contributed by atoms with Crippen LogP contribution >= 0.6 is 0 Å². The molecule has 2 rings (SSSR count). The Balaban J connectivity index is 2.01. The fourth-order valence-electron chi connectivity index (χ4n) is 3.73. The van der Waals surface area contributed by atoms with Gasteiger partial charge >= 0.3 is 5.97 Å². The number of aliphatic carboxylic acids is 1. The average molecular weight is 282 g/mol. The minimum Gasteiger partial charge on any atom is -0.481 e. The summed E-state index contributed by atoms with van der Waals surface area (Å²) in [5.41, 5.74) is 5.55. The molecule has 0 radical (unpaired) electrons. The zero-order valence-corrected chi connectivity index (χ0v) is 12.1. The lowest BCUT2D eigenvalue weighted by atomic mass is 9.72. The van der Waals surface area contributed by atoms with E-state index >= 15 is 0 Å². The molecule has 1 heterocycles. The maximum atomic E-state index is 12.8. The van der Waals surface area contributed by atoms with E-state index in [0.29, 0.717) is 13.1 Å². The van der Waals surface area contributed by atoms with Gasteiger partial charge in [0.25, 0.3) is 0 Å². The van der Waals surface area contributed by atoms with Crippen LogP contribution in [0.25, 0.3) is 0 Å². The molecule has 1 unspecified atom stereocenters. The third-order valence-electron chi connectivity index (χ3n) is 4.92. The molecule has 1 saturated heterocycles. The monoisotopic (exact) mass is 282 g/mol. The summed E-state index contributed by atoms with van der Waals surface area (Å²) in [5, 5.41) is 8.91. The first kappa shape index (κ1) is 15.3. The molecule has 1 saturated carbocycles. The Morgan fingerprint density at radius 3 is 2.50 bits per heavy atom. The van der Waals surface area contributed by atoms with Gasteiger partial charge in [-0.25, -0.2) is 0 Å². The summed E-state index contributed by atoms with van der Waals surface area (Å²) < 4.78 is 0. The number of hydrogen-bond donors (Lipinski definition) is 2. The summed E-state index contributed by atoms with van der Waals surface area (Å²) in [6.07, 6.45) is 7.11. The summed E-state index contributed by atoms with van der Waals surface area (Å²) in [6, 6.07) is 0. The Labute approximate surface area is 120 Å². The SMILES string of the molecule is NCC1(C(=O)N2CCCC(CC(=O)O)C2)CCCCC1. The Morgan fingerprint density at radius 1 is 1.20 bits per heavy atom. The summed E-state index contributed by atoms with van der Waals surface area (Å²) in [5.74, 6) is -0.492. The van der Waals surface area contributed by atoms with Crippen molar-refractivity contribution in [2.75, 3.05) is 19.6 Å². The number of nitrogens with zero attached hydrogens (tertiary/aromatic N) is 1. The maximum Gasteiger partial charge on any atom is 0.303 e. The van der Waals surface area contributed by atoms with E-state index in [4.69, 9.17) is 10.8 Å². The van der Waals surface area contributed by atoms with E-state index in [9.17, 15) is 9.59 Å². The number of carbonyl (C=O) groups excluding carboxylic acids is 1. The van der Waals surface area contributed by atoms with Gasteiger partial charge in [0, 0.05) is 26.1 Å². The van der Waals surface area contributed by atoms with Crippen molar-refractivity contribution < 1.29 is 14.7 Å². The highest BCUT2D eigenvalue weighted by molar-refractivity contribution is 5.83. The van der Waals surface area contributed by atoms with Crippen LogP contribution in [0.1, 0.15) is 51.4 Å². The smallest absolute Gasteiger partial charge is 0.303 e. The molecular weight excluding hydrogens is 256 g/mol. The summed E-state index contributed by atoms with van der Waals surface area (Å²) >= 11 is 0. The van der Waals surface area contributed by atoms with Gasteiger partial charge in [-0.05, 0) is 31.6 Å². The maximum absolute atomic E-state index is 12.8. The molecule has 0 bridgehead atoms. The molecule has 0 aromatic rings. The van der Waals surface area contributed by atoms with E-state index in [2.05, 4.69) is 0 Å². The first-order valence-corrected chi connectivity index (χ1v) is 7.79. The zero-order valence-electron chi connectivity index (χ0n) is 12.1. The quantitative estimate of drug-likeness (QED) is 0.820. The van der Waals surface area contributed by atoms with Crippen molar-refractivity contribution in [2.45, 2.75) is 51.4 Å². The van der Waals surface area contributed by atoms with Crippen LogP contribution in [0.2, 0.25) is 0 Å². The van der Waals surface area contributed by atoms with Crippen LogP contribution in [-0.2, 0) is 9.59 Å². The predicted octanol–water partition coefficient (Wildman–Crippen LogP) is 1.61. The topological polar surface area (TPSA) is 83.6 Å². The number of likely N-dealkylation sites (tertiary alicyclic amines) is 1. The molecule has 2 fully saturated rings. The second kappa shape index (κ2) is 6.57. The molecule has 1 aliphatic carbocycles. The van der Waals surface area contributed by atoms with Gasteiger partial charge in [-0.1, -0.05) is 19.3 Å². The number of carboxylic acid groups (broad SMARTS) is 1. The van der Waals surface area contributed by atoms with Crippen molar-refractivity contribution in [2.24, 2.45) is 17.1 Å². The molecule has 0 aromatic heterocycles. The minimum absolute atomic E-state index is 0.101. The molecular formula is C15H26N2O3. The summed E-state index contributed by atoms with van der Waals surface area (Å²) in [7, 11) is 0. The second-order valence-corrected chi connectivity index (χ2v) is 6.40. The average Bonchev–Trinajstić information content (AvgIpc) is 2.47. The largest absolute Gasteiger partial charge is 0.481 e. The number of carboxylic acids is 1. The highest BCUT2D eigenvalue weighted by Crippen LogP contribution is 2.38. The lowest BCUT2D eigenvalue weighted by molar-refractivity contribution is -0.147. The fraction of sp³-hybridized carbons (Fsp3) is 0.867. The molecule has 5 heteroatoms. The minimum atomic E-state index is -0.768. The molecule has 1 atom stereocenters. The standard InChI is InChI=1S/C15H26N2O3/c16-11-15(6-2-1-3-7-15)14(20)17-8-4-5-12(10-17)9-13(18)19/h12H,1-11,16H2,(H,18,19). The van der Waals surface area contributed by atoms with Crippen molar-refractivity contribution >= 4 is 11.9 Å². The van der Waals surface area contributed by atoms with Crippen molar-refractivity contribution in [1.29, 1.82) is 0 Å². The van der Waals surface area contributed by atoms with E-state index in [0.717, 1.165) is 45.1 Å². The lowest BCUT2D eigenvalue weighted by Crippen LogP contribution is -2.52. The highest BCUT2D eigenvalue weighted by atomic mass is 16.4. The lowest BCUT2D eigenvalue weighted by Gasteiger charge is -2.42. The van der Waals surface area contributed by atoms with E-state index < -0.39 is 5.97 Å². The number of hydrogen-bond acceptors (Lipinski definition) is 3. The summed E-state index contributed by atoms with van der Waals surface area (Å²) in [4.78, 5) is 25.6. The molecule has 1 aliphatic heterocycles. The van der Waals surface area contributed by atoms with E-state index in [1.165, 1.54) is 6.42 Å². The van der Waals surface area contributed by atoms with Gasteiger partial charge in [-0.3, -0.25) is 9.59 Å². The van der Waals surface area contributed by atoms with Crippen molar-refractivity contribution in [3.05, 3.63) is 0 Å². The molecule has 20 heavy (non-hydrogen) atoms. The fourth-order valence-corrected chi connectivity index (χ4v) is 3.73. The normalized spacial score (nSPS) is 26.2. The van der Waals surface area contributed by atoms with Crippen LogP contribution in [0.3, 0.4) is 0 Å². The van der Waals surface area contributed by atoms with Crippen LogP contribution < -0.4 is 5.73 Å². The van der Waals surface area contributed by atoms with Gasteiger partial charge < -0.3 is 15.7 Å². The van der Waals surface area contributed by atoms with E-state index in [-0.39, 0.29) is 23.7 Å². The van der Waals surface area contributed by atoms with E-state index in [1.54, 1.807) is 0 Å². The first-order chi connectivity index (χ1) is 9.57. The van der Waals surface area contributed by atoms with Gasteiger partial charge in [0.2, 0.25) is 5.91 Å². The molecule has 2 aliphatic rings. The molecule has 1 amide bonds. The van der Waals surface area contributed by atoms with Crippen LogP contribution in [0.5, 0.6) is 0 Å². The Bertz CT molecular complexity index is 364. The molecule has 5 nitrogen and oxygen atoms in total. The number of amides is 1. The second-order valence-electron chi connectivity index (χ2n) is 6.40.